The normalized spacial score (nSPS) is 34.2. The molecule has 0 radical (unpaired) electrons. The monoisotopic (exact) mass is 504 g/mol. The van der Waals surface area contributed by atoms with E-state index in [0.717, 1.165) is 63.1 Å². The average molecular weight is 505 g/mol. The third kappa shape index (κ3) is 4.69. The third-order valence-corrected chi connectivity index (χ3v) is 8.75. The topological polar surface area (TPSA) is 67.9 Å². The molecule has 5 fully saturated rings. The van der Waals surface area contributed by atoms with E-state index >= 15 is 0 Å². The van der Waals surface area contributed by atoms with Crippen molar-refractivity contribution in [1.82, 2.24) is 0 Å². The van der Waals surface area contributed by atoms with E-state index < -0.39 is 6.10 Å². The van der Waals surface area contributed by atoms with Gasteiger partial charge in [-0.25, -0.2) is 0 Å². The van der Waals surface area contributed by atoms with Crippen LogP contribution in [0.3, 0.4) is 0 Å². The van der Waals surface area contributed by atoms with Crippen molar-refractivity contribution < 1.29 is 19.1 Å². The molecule has 174 valence electrons. The van der Waals surface area contributed by atoms with Gasteiger partial charge in [-0.2, -0.15) is 0 Å². The first-order valence-electron chi connectivity index (χ1n) is 11.9. The van der Waals surface area contributed by atoms with Crippen molar-refractivity contribution >= 4 is 39.2 Å². The number of nitrogens with zero attached hydrogens (tertiary/aromatic N) is 1. The molecule has 0 aromatic heterocycles. The summed E-state index contributed by atoms with van der Waals surface area (Å²) in [4.78, 5) is 27.7. The standard InChI is InChI=1S/C25H33BrN2O4/c1-17(23(30)27-20-2-4-21(5-3-20)28-6-8-31-9-7-28)32-22(29)15-24-11-18-10-19(12-24)14-25(26,13-18)16-24/h2-5,17-19H,6-16H2,1H3,(H,27,30)/t17-,18-,19-,24?,25?/m0/s1. The number of amides is 1. The Labute approximate surface area is 198 Å². The molecule has 4 bridgehead atoms. The van der Waals surface area contributed by atoms with Crippen LogP contribution in [-0.2, 0) is 19.1 Å². The molecule has 1 aromatic rings. The summed E-state index contributed by atoms with van der Waals surface area (Å²) < 4.78 is 11.2. The SMILES string of the molecule is C[C@H](OC(=O)CC12C[C@@H]3C[C@H](CC(Br)(C3)C1)C2)C(=O)Nc1ccc(N2CCOCC2)cc1. The van der Waals surface area contributed by atoms with Gasteiger partial charge in [-0.05, 0) is 87.0 Å². The number of halogens is 1. The van der Waals surface area contributed by atoms with Crippen LogP contribution in [0.15, 0.2) is 24.3 Å². The highest BCUT2D eigenvalue weighted by atomic mass is 79.9. The number of nitrogens with one attached hydrogen (secondary N) is 1. The molecule has 0 spiro atoms. The lowest BCUT2D eigenvalue weighted by Gasteiger charge is -2.60. The molecule has 1 amide bonds. The molecule has 1 heterocycles. The summed E-state index contributed by atoms with van der Waals surface area (Å²) in [7, 11) is 0. The number of hydrogen-bond acceptors (Lipinski definition) is 5. The van der Waals surface area contributed by atoms with Crippen LogP contribution in [0.5, 0.6) is 0 Å². The smallest absolute Gasteiger partial charge is 0.307 e. The Bertz CT molecular complexity index is 853. The van der Waals surface area contributed by atoms with Gasteiger partial charge in [0.1, 0.15) is 0 Å². The summed E-state index contributed by atoms with van der Waals surface area (Å²) in [5, 5.41) is 2.88. The van der Waals surface area contributed by atoms with Gasteiger partial charge in [0, 0.05) is 28.8 Å². The number of alkyl halides is 1. The van der Waals surface area contributed by atoms with Crippen molar-refractivity contribution in [3.63, 3.8) is 0 Å². The minimum atomic E-state index is -0.812. The van der Waals surface area contributed by atoms with Gasteiger partial charge in [0.2, 0.25) is 0 Å². The lowest BCUT2D eigenvalue weighted by Crippen LogP contribution is -2.53. The van der Waals surface area contributed by atoms with E-state index in [0.29, 0.717) is 12.1 Å². The van der Waals surface area contributed by atoms with E-state index in [4.69, 9.17) is 9.47 Å². The Morgan fingerprint density at radius 2 is 1.81 bits per heavy atom. The van der Waals surface area contributed by atoms with Crippen LogP contribution >= 0.6 is 15.9 Å². The average Bonchev–Trinajstić information content (AvgIpc) is 2.72. The van der Waals surface area contributed by atoms with E-state index in [9.17, 15) is 9.59 Å². The molecule has 1 aromatic carbocycles. The summed E-state index contributed by atoms with van der Waals surface area (Å²) in [5.74, 6) is 0.919. The maximum Gasteiger partial charge on any atom is 0.307 e. The minimum Gasteiger partial charge on any atom is -0.453 e. The van der Waals surface area contributed by atoms with Gasteiger partial charge in [-0.15, -0.1) is 0 Å². The highest BCUT2D eigenvalue weighted by Gasteiger charge is 2.57. The molecule has 32 heavy (non-hydrogen) atoms. The van der Waals surface area contributed by atoms with Crippen molar-refractivity contribution in [2.24, 2.45) is 17.3 Å². The summed E-state index contributed by atoms with van der Waals surface area (Å²) in [6.45, 7) is 4.87. The highest BCUT2D eigenvalue weighted by Crippen LogP contribution is 2.65. The zero-order valence-corrected chi connectivity index (χ0v) is 20.4. The number of ether oxygens (including phenoxy) is 2. The number of rotatable bonds is 6. The van der Waals surface area contributed by atoms with E-state index in [1.807, 2.05) is 24.3 Å². The number of benzene rings is 1. The number of carbonyl (C=O) groups excluding carboxylic acids is 2. The molecule has 0 unspecified atom stereocenters. The maximum atomic E-state index is 12.8. The van der Waals surface area contributed by atoms with Crippen LogP contribution in [0.25, 0.3) is 0 Å². The lowest BCUT2D eigenvalue weighted by atomic mass is 9.49. The Morgan fingerprint density at radius 1 is 1.16 bits per heavy atom. The number of anilines is 2. The Morgan fingerprint density at radius 3 is 2.44 bits per heavy atom. The van der Waals surface area contributed by atoms with Crippen LogP contribution in [0, 0.1) is 17.3 Å². The minimum absolute atomic E-state index is 0.0518. The second-order valence-corrected chi connectivity index (χ2v) is 12.2. The zero-order chi connectivity index (χ0) is 22.3. The number of carbonyl (C=O) groups is 2. The second kappa shape index (κ2) is 8.64. The van der Waals surface area contributed by atoms with Crippen molar-refractivity contribution in [3.05, 3.63) is 24.3 Å². The molecule has 1 N–H and O–H groups in total. The first-order valence-corrected chi connectivity index (χ1v) is 12.7. The van der Waals surface area contributed by atoms with Gasteiger partial charge >= 0.3 is 5.97 Å². The van der Waals surface area contributed by atoms with E-state index in [1.165, 1.54) is 19.3 Å². The van der Waals surface area contributed by atoms with Crippen LogP contribution in [0.1, 0.15) is 51.9 Å². The summed E-state index contributed by atoms with van der Waals surface area (Å²) in [6, 6.07) is 7.78. The fraction of sp³-hybridized carbons (Fsp3) is 0.680. The molecule has 7 heteroatoms. The number of hydrogen-bond donors (Lipinski definition) is 1. The molecule has 5 aliphatic rings. The molecule has 1 aliphatic heterocycles. The maximum absolute atomic E-state index is 12.8. The van der Waals surface area contributed by atoms with E-state index in [-0.39, 0.29) is 21.6 Å². The fourth-order valence-corrected chi connectivity index (χ4v) is 8.47. The van der Waals surface area contributed by atoms with E-state index in [2.05, 4.69) is 26.1 Å². The Balaban J connectivity index is 1.13. The van der Waals surface area contributed by atoms with Crippen LogP contribution in [0.4, 0.5) is 11.4 Å². The predicted molar refractivity (Wildman–Crippen MR) is 127 cm³/mol. The van der Waals surface area contributed by atoms with E-state index in [1.54, 1.807) is 6.92 Å². The molecule has 1 saturated heterocycles. The Hall–Kier alpha value is -1.60. The third-order valence-electron chi connectivity index (χ3n) is 7.82. The molecule has 3 atom stereocenters. The predicted octanol–water partition coefficient (Wildman–Crippen LogP) is 4.52. The second-order valence-electron chi connectivity index (χ2n) is 10.6. The molecule has 6 rings (SSSR count). The fourth-order valence-electron chi connectivity index (χ4n) is 6.96. The van der Waals surface area contributed by atoms with Gasteiger partial charge in [0.05, 0.1) is 19.6 Å². The molecule has 4 saturated carbocycles. The largest absolute Gasteiger partial charge is 0.453 e. The van der Waals surface area contributed by atoms with Gasteiger partial charge in [0.15, 0.2) is 6.10 Å². The Kier molecular flexibility index (Phi) is 5.99. The van der Waals surface area contributed by atoms with Crippen molar-refractivity contribution in [2.75, 3.05) is 36.5 Å². The van der Waals surface area contributed by atoms with Crippen molar-refractivity contribution in [3.8, 4) is 0 Å². The highest BCUT2D eigenvalue weighted by molar-refractivity contribution is 9.10. The van der Waals surface area contributed by atoms with Crippen molar-refractivity contribution in [2.45, 2.75) is 62.3 Å². The molecule has 6 nitrogen and oxygen atoms in total. The quantitative estimate of drug-likeness (QED) is 0.455. The lowest BCUT2D eigenvalue weighted by molar-refractivity contribution is -0.159. The summed E-state index contributed by atoms with van der Waals surface area (Å²) in [5.41, 5.74) is 1.87. The van der Waals surface area contributed by atoms with Crippen molar-refractivity contribution in [1.29, 1.82) is 0 Å². The van der Waals surface area contributed by atoms with Gasteiger partial charge < -0.3 is 19.7 Å². The van der Waals surface area contributed by atoms with Gasteiger partial charge in [0.25, 0.3) is 5.91 Å². The zero-order valence-electron chi connectivity index (χ0n) is 18.8. The molecular formula is C25H33BrN2O4. The van der Waals surface area contributed by atoms with Crippen LogP contribution < -0.4 is 10.2 Å². The van der Waals surface area contributed by atoms with Crippen LogP contribution in [-0.4, -0.2) is 48.6 Å². The van der Waals surface area contributed by atoms with Crippen LogP contribution in [0.2, 0.25) is 0 Å². The first kappa shape index (κ1) is 22.2. The summed E-state index contributed by atoms with van der Waals surface area (Å²) in [6.07, 6.45) is 6.72. The van der Waals surface area contributed by atoms with Gasteiger partial charge in [-0.1, -0.05) is 15.9 Å². The first-order chi connectivity index (χ1) is 15.3. The summed E-state index contributed by atoms with van der Waals surface area (Å²) >= 11 is 4.00. The van der Waals surface area contributed by atoms with Gasteiger partial charge in [-0.3, -0.25) is 9.59 Å². The number of morpholine rings is 1. The number of esters is 1. The molecular weight excluding hydrogens is 472 g/mol. The molecule has 4 aliphatic carbocycles.